The van der Waals surface area contributed by atoms with Gasteiger partial charge in [0.15, 0.2) is 0 Å². The predicted octanol–water partition coefficient (Wildman–Crippen LogP) is 3.34. The van der Waals surface area contributed by atoms with Gasteiger partial charge in [-0.05, 0) is 30.2 Å². The molecule has 1 aromatic carbocycles. The SMILES string of the molecule is Cc1cc(SC(C)(C)C)ccc1CN. The average Bonchev–Trinajstić information content (AvgIpc) is 2.01. The van der Waals surface area contributed by atoms with E-state index in [0.717, 1.165) is 0 Å². The van der Waals surface area contributed by atoms with Gasteiger partial charge in [-0.15, -0.1) is 11.8 Å². The van der Waals surface area contributed by atoms with Crippen LogP contribution in [0.25, 0.3) is 0 Å². The Bertz CT molecular complexity index is 313. The van der Waals surface area contributed by atoms with Crippen molar-refractivity contribution >= 4 is 11.8 Å². The van der Waals surface area contributed by atoms with Gasteiger partial charge in [0.2, 0.25) is 0 Å². The lowest BCUT2D eigenvalue weighted by molar-refractivity contribution is 0.802. The highest BCUT2D eigenvalue weighted by Crippen LogP contribution is 2.32. The van der Waals surface area contributed by atoms with E-state index in [1.54, 1.807) is 0 Å². The minimum Gasteiger partial charge on any atom is -0.326 e. The topological polar surface area (TPSA) is 26.0 Å². The molecule has 0 saturated carbocycles. The molecule has 0 amide bonds. The van der Waals surface area contributed by atoms with E-state index in [-0.39, 0.29) is 4.75 Å². The van der Waals surface area contributed by atoms with Gasteiger partial charge >= 0.3 is 0 Å². The Morgan fingerprint density at radius 3 is 2.36 bits per heavy atom. The summed E-state index contributed by atoms with van der Waals surface area (Å²) in [4.78, 5) is 1.33. The molecule has 2 N–H and O–H groups in total. The molecule has 0 atom stereocenters. The van der Waals surface area contributed by atoms with Gasteiger partial charge in [0.05, 0.1) is 0 Å². The minimum atomic E-state index is 0.274. The molecule has 1 aromatic rings. The molecule has 0 saturated heterocycles. The summed E-state index contributed by atoms with van der Waals surface area (Å²) < 4.78 is 0.274. The number of benzene rings is 1. The summed E-state index contributed by atoms with van der Waals surface area (Å²) in [6.07, 6.45) is 0. The van der Waals surface area contributed by atoms with E-state index in [9.17, 15) is 0 Å². The fourth-order valence-electron chi connectivity index (χ4n) is 1.31. The largest absolute Gasteiger partial charge is 0.326 e. The van der Waals surface area contributed by atoms with Gasteiger partial charge in [-0.2, -0.15) is 0 Å². The Balaban J connectivity index is 2.87. The molecule has 0 heterocycles. The zero-order valence-electron chi connectivity index (χ0n) is 9.42. The maximum Gasteiger partial charge on any atom is 0.0180 e. The van der Waals surface area contributed by atoms with Crippen LogP contribution in [0.5, 0.6) is 0 Å². The Labute approximate surface area is 91.1 Å². The molecule has 14 heavy (non-hydrogen) atoms. The van der Waals surface area contributed by atoms with Crippen LogP contribution in [-0.2, 0) is 6.54 Å². The van der Waals surface area contributed by atoms with Crippen molar-refractivity contribution in [1.29, 1.82) is 0 Å². The van der Waals surface area contributed by atoms with E-state index >= 15 is 0 Å². The fourth-order valence-corrected chi connectivity index (χ4v) is 2.39. The second-order valence-corrected chi connectivity index (χ2v) is 6.41. The smallest absolute Gasteiger partial charge is 0.0180 e. The molecule has 0 radical (unpaired) electrons. The van der Waals surface area contributed by atoms with Crippen LogP contribution in [0.4, 0.5) is 0 Å². The molecule has 0 aliphatic rings. The number of rotatable bonds is 2. The van der Waals surface area contributed by atoms with Gasteiger partial charge in [0.1, 0.15) is 0 Å². The molecule has 1 nitrogen and oxygen atoms in total. The summed E-state index contributed by atoms with van der Waals surface area (Å²) >= 11 is 1.89. The van der Waals surface area contributed by atoms with Gasteiger partial charge in [-0.25, -0.2) is 0 Å². The third kappa shape index (κ3) is 3.35. The average molecular weight is 209 g/mol. The van der Waals surface area contributed by atoms with Crippen molar-refractivity contribution in [2.24, 2.45) is 5.73 Å². The van der Waals surface area contributed by atoms with Crippen LogP contribution in [0.3, 0.4) is 0 Å². The molecule has 0 aromatic heterocycles. The minimum absolute atomic E-state index is 0.274. The lowest BCUT2D eigenvalue weighted by atomic mass is 10.1. The monoisotopic (exact) mass is 209 g/mol. The van der Waals surface area contributed by atoms with E-state index < -0.39 is 0 Å². The van der Waals surface area contributed by atoms with Gasteiger partial charge in [-0.1, -0.05) is 26.8 Å². The first-order chi connectivity index (χ1) is 6.42. The first-order valence-corrected chi connectivity index (χ1v) is 5.72. The van der Waals surface area contributed by atoms with E-state index in [2.05, 4.69) is 45.9 Å². The van der Waals surface area contributed by atoms with E-state index in [4.69, 9.17) is 5.73 Å². The van der Waals surface area contributed by atoms with Crippen molar-refractivity contribution in [2.45, 2.75) is 43.9 Å². The van der Waals surface area contributed by atoms with Crippen molar-refractivity contribution in [3.63, 3.8) is 0 Å². The van der Waals surface area contributed by atoms with Gasteiger partial charge in [0.25, 0.3) is 0 Å². The lowest BCUT2D eigenvalue weighted by Gasteiger charge is -2.18. The van der Waals surface area contributed by atoms with Crippen molar-refractivity contribution in [3.8, 4) is 0 Å². The summed E-state index contributed by atoms with van der Waals surface area (Å²) in [5.41, 5.74) is 8.15. The van der Waals surface area contributed by atoms with Gasteiger partial charge < -0.3 is 5.73 Å². The molecule has 0 aliphatic heterocycles. The van der Waals surface area contributed by atoms with Crippen molar-refractivity contribution in [1.82, 2.24) is 0 Å². The third-order valence-corrected chi connectivity index (χ3v) is 3.06. The quantitative estimate of drug-likeness (QED) is 0.756. The van der Waals surface area contributed by atoms with Gasteiger partial charge in [0, 0.05) is 16.2 Å². The number of thioether (sulfide) groups is 1. The van der Waals surface area contributed by atoms with E-state index in [1.165, 1.54) is 16.0 Å². The highest BCUT2D eigenvalue weighted by molar-refractivity contribution is 8.00. The molecule has 0 fully saturated rings. The van der Waals surface area contributed by atoms with Crippen molar-refractivity contribution < 1.29 is 0 Å². The first-order valence-electron chi connectivity index (χ1n) is 4.91. The normalized spacial score (nSPS) is 11.8. The maximum atomic E-state index is 5.62. The van der Waals surface area contributed by atoms with Crippen LogP contribution in [0.2, 0.25) is 0 Å². The highest BCUT2D eigenvalue weighted by Gasteiger charge is 2.12. The number of hydrogen-bond donors (Lipinski definition) is 1. The second kappa shape index (κ2) is 4.37. The molecule has 0 aliphatic carbocycles. The molecular weight excluding hydrogens is 190 g/mol. The summed E-state index contributed by atoms with van der Waals surface area (Å²) in [7, 11) is 0. The van der Waals surface area contributed by atoms with Crippen LogP contribution in [0.15, 0.2) is 23.1 Å². The summed E-state index contributed by atoms with van der Waals surface area (Å²) in [6.45, 7) is 9.43. The number of aryl methyl sites for hydroxylation is 1. The Kier molecular flexibility index (Phi) is 3.62. The van der Waals surface area contributed by atoms with Crippen LogP contribution in [0.1, 0.15) is 31.9 Å². The number of nitrogens with two attached hydrogens (primary N) is 1. The lowest BCUT2D eigenvalue weighted by Crippen LogP contribution is -2.07. The highest BCUT2D eigenvalue weighted by atomic mass is 32.2. The number of hydrogen-bond acceptors (Lipinski definition) is 2. The van der Waals surface area contributed by atoms with Crippen LogP contribution >= 0.6 is 11.8 Å². The molecule has 1 rings (SSSR count). The van der Waals surface area contributed by atoms with Gasteiger partial charge in [-0.3, -0.25) is 0 Å². The molecular formula is C12H19NS. The standard InChI is InChI=1S/C12H19NS/c1-9-7-11(14-12(2,3)4)6-5-10(9)8-13/h5-7H,8,13H2,1-4H3. The molecule has 78 valence electrons. The molecule has 2 heteroatoms. The maximum absolute atomic E-state index is 5.62. The Morgan fingerprint density at radius 1 is 1.29 bits per heavy atom. The molecule has 0 bridgehead atoms. The van der Waals surface area contributed by atoms with Crippen LogP contribution < -0.4 is 5.73 Å². The molecule has 0 unspecified atom stereocenters. The summed E-state index contributed by atoms with van der Waals surface area (Å²) in [6, 6.07) is 6.51. The Hall–Kier alpha value is -0.470. The van der Waals surface area contributed by atoms with Crippen LogP contribution in [0, 0.1) is 6.92 Å². The Morgan fingerprint density at radius 2 is 1.93 bits per heavy atom. The third-order valence-electron chi connectivity index (χ3n) is 1.96. The summed E-state index contributed by atoms with van der Waals surface area (Å²) in [5.74, 6) is 0. The zero-order valence-corrected chi connectivity index (χ0v) is 10.2. The van der Waals surface area contributed by atoms with Crippen molar-refractivity contribution in [3.05, 3.63) is 29.3 Å². The summed E-state index contributed by atoms with van der Waals surface area (Å²) in [5, 5.41) is 0. The molecule has 0 spiro atoms. The van der Waals surface area contributed by atoms with Crippen LogP contribution in [-0.4, -0.2) is 4.75 Å². The van der Waals surface area contributed by atoms with E-state index in [0.29, 0.717) is 6.54 Å². The fraction of sp³-hybridized carbons (Fsp3) is 0.500. The van der Waals surface area contributed by atoms with Crippen molar-refractivity contribution in [2.75, 3.05) is 0 Å². The first kappa shape index (κ1) is 11.6. The van der Waals surface area contributed by atoms with E-state index in [1.807, 2.05) is 11.8 Å². The zero-order chi connectivity index (χ0) is 10.8. The second-order valence-electron chi connectivity index (χ2n) is 4.51. The predicted molar refractivity (Wildman–Crippen MR) is 64.7 cm³/mol.